The highest BCUT2D eigenvalue weighted by Gasteiger charge is 2.00. The zero-order valence-electron chi connectivity index (χ0n) is 7.86. The average molecular weight is 233 g/mol. The summed E-state index contributed by atoms with van der Waals surface area (Å²) in [5.74, 6) is 0.153. The minimum absolute atomic E-state index is 0.323. The number of allylic oxidation sites excluding steroid dienone is 1. The molecule has 0 fully saturated rings. The molecule has 14 heavy (non-hydrogen) atoms. The highest BCUT2D eigenvalue weighted by molar-refractivity contribution is 6.32. The van der Waals surface area contributed by atoms with Crippen LogP contribution in [0.2, 0.25) is 5.02 Å². The van der Waals surface area contributed by atoms with Crippen LogP contribution >= 0.6 is 23.2 Å². The van der Waals surface area contributed by atoms with Gasteiger partial charge in [0, 0.05) is 5.88 Å². The quantitative estimate of drug-likeness (QED) is 0.673. The maximum absolute atomic E-state index is 12.7. The van der Waals surface area contributed by atoms with E-state index in [-0.39, 0.29) is 5.82 Å². The summed E-state index contributed by atoms with van der Waals surface area (Å²) in [5, 5.41) is 0.418. The number of halogens is 3. The van der Waals surface area contributed by atoms with Gasteiger partial charge in [-0.25, -0.2) is 4.39 Å². The van der Waals surface area contributed by atoms with Gasteiger partial charge in [-0.3, -0.25) is 0 Å². The Morgan fingerprint density at radius 1 is 1.50 bits per heavy atom. The van der Waals surface area contributed by atoms with Crippen LogP contribution in [0.5, 0.6) is 0 Å². The standard InChI is InChI=1S/C11H11Cl2F/c1-2-8(7-12)5-9-3-4-10(14)6-11(9)13/h3-6H,2,7H2,1H3/b8-5-. The van der Waals surface area contributed by atoms with Crippen molar-refractivity contribution in [1.29, 1.82) is 0 Å². The molecule has 1 aromatic carbocycles. The maximum atomic E-state index is 12.7. The van der Waals surface area contributed by atoms with Crippen LogP contribution in [-0.4, -0.2) is 5.88 Å². The van der Waals surface area contributed by atoms with E-state index in [1.807, 2.05) is 13.0 Å². The van der Waals surface area contributed by atoms with E-state index in [1.54, 1.807) is 6.07 Å². The lowest BCUT2D eigenvalue weighted by atomic mass is 10.1. The molecule has 0 unspecified atom stereocenters. The van der Waals surface area contributed by atoms with Gasteiger partial charge in [0.05, 0.1) is 5.02 Å². The molecular formula is C11H11Cl2F. The molecule has 0 nitrogen and oxygen atoms in total. The predicted octanol–water partition coefficient (Wildman–Crippen LogP) is 4.51. The van der Waals surface area contributed by atoms with Gasteiger partial charge < -0.3 is 0 Å². The first-order chi connectivity index (χ1) is 6.67. The summed E-state index contributed by atoms with van der Waals surface area (Å²) in [5.41, 5.74) is 1.89. The van der Waals surface area contributed by atoms with E-state index >= 15 is 0 Å². The van der Waals surface area contributed by atoms with E-state index in [9.17, 15) is 4.39 Å². The van der Waals surface area contributed by atoms with Gasteiger partial charge in [0.1, 0.15) is 5.82 Å². The monoisotopic (exact) mass is 232 g/mol. The second kappa shape index (κ2) is 5.38. The Morgan fingerprint density at radius 2 is 2.21 bits per heavy atom. The van der Waals surface area contributed by atoms with Crippen molar-refractivity contribution >= 4 is 29.3 Å². The van der Waals surface area contributed by atoms with Crippen LogP contribution in [0.3, 0.4) is 0 Å². The number of rotatable bonds is 3. The predicted molar refractivity (Wildman–Crippen MR) is 60.4 cm³/mol. The summed E-state index contributed by atoms with van der Waals surface area (Å²) < 4.78 is 12.7. The number of hydrogen-bond donors (Lipinski definition) is 0. The van der Waals surface area contributed by atoms with Crippen LogP contribution in [0.25, 0.3) is 6.08 Å². The first-order valence-electron chi connectivity index (χ1n) is 4.37. The lowest BCUT2D eigenvalue weighted by Gasteiger charge is -2.02. The second-order valence-electron chi connectivity index (χ2n) is 2.96. The van der Waals surface area contributed by atoms with Gasteiger partial charge in [-0.1, -0.05) is 36.2 Å². The molecule has 0 bridgehead atoms. The number of alkyl halides is 1. The van der Waals surface area contributed by atoms with E-state index in [2.05, 4.69) is 0 Å². The molecule has 76 valence electrons. The molecule has 0 atom stereocenters. The van der Waals surface area contributed by atoms with Crippen LogP contribution < -0.4 is 0 Å². The summed E-state index contributed by atoms with van der Waals surface area (Å²) in [7, 11) is 0. The molecule has 0 amide bonds. The van der Waals surface area contributed by atoms with Crippen molar-refractivity contribution in [1.82, 2.24) is 0 Å². The van der Waals surface area contributed by atoms with Crippen molar-refractivity contribution in [3.63, 3.8) is 0 Å². The first kappa shape index (κ1) is 11.5. The molecular weight excluding hydrogens is 222 g/mol. The molecule has 0 spiro atoms. The first-order valence-corrected chi connectivity index (χ1v) is 5.29. The normalized spacial score (nSPS) is 11.9. The lowest BCUT2D eigenvalue weighted by molar-refractivity contribution is 0.628. The van der Waals surface area contributed by atoms with Gasteiger partial charge in [0.25, 0.3) is 0 Å². The fourth-order valence-electron chi connectivity index (χ4n) is 1.07. The van der Waals surface area contributed by atoms with Gasteiger partial charge in [-0.15, -0.1) is 11.6 Å². The molecule has 0 aromatic heterocycles. The zero-order chi connectivity index (χ0) is 10.6. The van der Waals surface area contributed by atoms with Crippen LogP contribution in [0.4, 0.5) is 4.39 Å². The third kappa shape index (κ3) is 3.00. The van der Waals surface area contributed by atoms with Gasteiger partial charge in [-0.2, -0.15) is 0 Å². The Balaban J connectivity index is 3.02. The van der Waals surface area contributed by atoms with Crippen molar-refractivity contribution in [3.05, 3.63) is 40.2 Å². The summed E-state index contributed by atoms with van der Waals surface area (Å²) >= 11 is 11.6. The summed E-state index contributed by atoms with van der Waals surface area (Å²) in [4.78, 5) is 0. The van der Waals surface area contributed by atoms with E-state index in [0.717, 1.165) is 17.6 Å². The van der Waals surface area contributed by atoms with E-state index in [1.165, 1.54) is 12.1 Å². The molecule has 0 aliphatic heterocycles. The topological polar surface area (TPSA) is 0 Å². The third-order valence-corrected chi connectivity index (χ3v) is 2.62. The largest absolute Gasteiger partial charge is 0.207 e. The molecule has 1 rings (SSSR count). The molecule has 0 radical (unpaired) electrons. The van der Waals surface area contributed by atoms with Gasteiger partial charge in [-0.05, 0) is 24.1 Å². The molecule has 1 aromatic rings. The Kier molecular flexibility index (Phi) is 4.43. The summed E-state index contributed by atoms with van der Waals surface area (Å²) in [6.07, 6.45) is 2.77. The Morgan fingerprint density at radius 3 is 2.71 bits per heavy atom. The van der Waals surface area contributed by atoms with Crippen LogP contribution in [0, 0.1) is 5.82 Å². The molecule has 0 heterocycles. The van der Waals surface area contributed by atoms with Crippen molar-refractivity contribution in [3.8, 4) is 0 Å². The highest BCUT2D eigenvalue weighted by atomic mass is 35.5. The third-order valence-electron chi connectivity index (χ3n) is 1.95. The Bertz CT molecular complexity index is 339. The molecule has 0 N–H and O–H groups in total. The van der Waals surface area contributed by atoms with Gasteiger partial charge in [0.15, 0.2) is 0 Å². The molecule has 0 aliphatic carbocycles. The zero-order valence-corrected chi connectivity index (χ0v) is 9.37. The fraction of sp³-hybridized carbons (Fsp3) is 0.273. The SMILES string of the molecule is CC/C(=C/c1ccc(F)cc1Cl)CCl. The smallest absolute Gasteiger partial charge is 0.124 e. The molecule has 3 heteroatoms. The van der Waals surface area contributed by atoms with Crippen LogP contribution in [0.1, 0.15) is 18.9 Å². The van der Waals surface area contributed by atoms with Crippen molar-refractivity contribution in [2.24, 2.45) is 0 Å². The Labute approximate surface area is 93.3 Å². The maximum Gasteiger partial charge on any atom is 0.124 e. The summed E-state index contributed by atoms with van der Waals surface area (Å²) in [6.45, 7) is 2.02. The number of hydrogen-bond acceptors (Lipinski definition) is 0. The number of benzene rings is 1. The molecule has 0 saturated heterocycles. The van der Waals surface area contributed by atoms with E-state index < -0.39 is 0 Å². The van der Waals surface area contributed by atoms with Crippen molar-refractivity contribution in [2.75, 3.05) is 5.88 Å². The van der Waals surface area contributed by atoms with Crippen LogP contribution in [0.15, 0.2) is 23.8 Å². The Hall–Kier alpha value is -0.530. The van der Waals surface area contributed by atoms with E-state index in [4.69, 9.17) is 23.2 Å². The van der Waals surface area contributed by atoms with Gasteiger partial charge >= 0.3 is 0 Å². The fourth-order valence-corrected chi connectivity index (χ4v) is 1.56. The average Bonchev–Trinajstić information content (AvgIpc) is 2.17. The second-order valence-corrected chi connectivity index (χ2v) is 3.63. The molecule has 0 saturated carbocycles. The van der Waals surface area contributed by atoms with Crippen molar-refractivity contribution < 1.29 is 4.39 Å². The molecule has 0 aliphatic rings. The minimum Gasteiger partial charge on any atom is -0.207 e. The minimum atomic E-state index is -0.323. The van der Waals surface area contributed by atoms with Gasteiger partial charge in [0.2, 0.25) is 0 Å². The lowest BCUT2D eigenvalue weighted by Crippen LogP contribution is -1.84. The summed E-state index contributed by atoms with van der Waals surface area (Å²) in [6, 6.07) is 4.34. The van der Waals surface area contributed by atoms with Crippen LogP contribution in [-0.2, 0) is 0 Å². The highest BCUT2D eigenvalue weighted by Crippen LogP contribution is 2.21. The van der Waals surface area contributed by atoms with Crippen molar-refractivity contribution in [2.45, 2.75) is 13.3 Å². The van der Waals surface area contributed by atoms with E-state index in [0.29, 0.717) is 10.9 Å².